The second-order valence-corrected chi connectivity index (χ2v) is 6.98. The van der Waals surface area contributed by atoms with Crippen molar-refractivity contribution in [3.8, 4) is 0 Å². The summed E-state index contributed by atoms with van der Waals surface area (Å²) in [6.07, 6.45) is 4.46. The normalized spacial score (nSPS) is 11.8. The molecule has 0 aromatic rings. The maximum absolute atomic E-state index is 11.9. The Bertz CT molecular complexity index is 306. The van der Waals surface area contributed by atoms with Gasteiger partial charge in [-0.2, -0.15) is 0 Å². The largest absolute Gasteiger partial charge is 0.444 e. The van der Waals surface area contributed by atoms with Crippen molar-refractivity contribution in [1.82, 2.24) is 15.1 Å². The molecule has 0 aromatic carbocycles. The summed E-state index contributed by atoms with van der Waals surface area (Å²) in [5.41, 5.74) is -0.469. The number of amides is 1. The van der Waals surface area contributed by atoms with Gasteiger partial charge in [-0.1, -0.05) is 12.8 Å². The van der Waals surface area contributed by atoms with Crippen LogP contribution in [0.2, 0.25) is 0 Å². The molecule has 23 heavy (non-hydrogen) atoms. The standard InChI is InChI=1S/C17H37N3O3/c1-17(2,3)23-16(22)19(5)12-13-20(14-15-21)11-9-7-6-8-10-18-4/h18,21H,6-15H2,1-5H3. The molecule has 0 atom stereocenters. The topological polar surface area (TPSA) is 65.0 Å². The lowest BCUT2D eigenvalue weighted by Crippen LogP contribution is -2.40. The van der Waals surface area contributed by atoms with Crippen LogP contribution in [0.25, 0.3) is 0 Å². The van der Waals surface area contributed by atoms with Crippen LogP contribution in [0.5, 0.6) is 0 Å². The third kappa shape index (κ3) is 13.3. The first-order valence-corrected chi connectivity index (χ1v) is 8.72. The van der Waals surface area contributed by atoms with Gasteiger partial charge in [0, 0.05) is 26.7 Å². The minimum absolute atomic E-state index is 0.149. The molecular formula is C17H37N3O3. The minimum Gasteiger partial charge on any atom is -0.444 e. The second-order valence-electron chi connectivity index (χ2n) is 6.98. The molecule has 0 saturated carbocycles. The first kappa shape index (κ1) is 22.1. The Hall–Kier alpha value is -0.850. The molecule has 0 saturated heterocycles. The van der Waals surface area contributed by atoms with E-state index in [0.29, 0.717) is 13.1 Å². The lowest BCUT2D eigenvalue weighted by Gasteiger charge is -2.27. The van der Waals surface area contributed by atoms with Crippen molar-refractivity contribution in [1.29, 1.82) is 0 Å². The van der Waals surface area contributed by atoms with Gasteiger partial charge in [0.15, 0.2) is 0 Å². The lowest BCUT2D eigenvalue weighted by atomic mass is 10.2. The number of aliphatic hydroxyl groups excluding tert-OH is 1. The first-order valence-electron chi connectivity index (χ1n) is 8.72. The van der Waals surface area contributed by atoms with Crippen molar-refractivity contribution >= 4 is 6.09 Å². The van der Waals surface area contributed by atoms with Gasteiger partial charge in [-0.3, -0.25) is 4.90 Å². The zero-order chi connectivity index (χ0) is 17.7. The summed E-state index contributed by atoms with van der Waals surface area (Å²) in [7, 11) is 3.73. The molecule has 0 aromatic heterocycles. The van der Waals surface area contributed by atoms with Crippen LogP contribution in [-0.2, 0) is 4.74 Å². The molecule has 0 heterocycles. The van der Waals surface area contributed by atoms with Gasteiger partial charge in [-0.25, -0.2) is 4.79 Å². The Kier molecular flexibility index (Phi) is 12.1. The number of unbranched alkanes of at least 4 members (excludes halogenated alkanes) is 3. The number of nitrogens with zero attached hydrogens (tertiary/aromatic N) is 2. The van der Waals surface area contributed by atoms with Gasteiger partial charge in [0.1, 0.15) is 5.60 Å². The first-order chi connectivity index (χ1) is 10.8. The lowest BCUT2D eigenvalue weighted by molar-refractivity contribution is 0.0280. The van der Waals surface area contributed by atoms with Gasteiger partial charge in [0.25, 0.3) is 0 Å². The van der Waals surface area contributed by atoms with Crippen LogP contribution < -0.4 is 5.32 Å². The van der Waals surface area contributed by atoms with Gasteiger partial charge < -0.3 is 20.1 Å². The van der Waals surface area contributed by atoms with Crippen LogP contribution in [0, 0.1) is 0 Å². The van der Waals surface area contributed by atoms with E-state index in [0.717, 1.165) is 26.1 Å². The fourth-order valence-corrected chi connectivity index (χ4v) is 2.19. The zero-order valence-electron chi connectivity index (χ0n) is 15.7. The highest BCUT2D eigenvalue weighted by Gasteiger charge is 2.19. The fraction of sp³-hybridized carbons (Fsp3) is 0.941. The molecule has 6 nitrogen and oxygen atoms in total. The number of likely N-dealkylation sites (N-methyl/N-ethyl adjacent to an activating group) is 1. The molecule has 6 heteroatoms. The molecule has 0 spiro atoms. The molecule has 0 rings (SSSR count). The molecule has 0 aliphatic heterocycles. The van der Waals surface area contributed by atoms with Crippen molar-refractivity contribution < 1.29 is 14.6 Å². The van der Waals surface area contributed by atoms with Gasteiger partial charge in [-0.05, 0) is 53.8 Å². The predicted octanol–water partition coefficient (Wildman–Crippen LogP) is 1.93. The Morgan fingerprint density at radius 1 is 1.04 bits per heavy atom. The Morgan fingerprint density at radius 2 is 1.70 bits per heavy atom. The molecule has 2 N–H and O–H groups in total. The number of hydrogen-bond acceptors (Lipinski definition) is 5. The predicted molar refractivity (Wildman–Crippen MR) is 94.8 cm³/mol. The van der Waals surface area contributed by atoms with Crippen molar-refractivity contribution in [3.63, 3.8) is 0 Å². The monoisotopic (exact) mass is 331 g/mol. The number of aliphatic hydroxyl groups is 1. The van der Waals surface area contributed by atoms with E-state index in [1.54, 1.807) is 11.9 Å². The van der Waals surface area contributed by atoms with Crippen LogP contribution in [0.3, 0.4) is 0 Å². The van der Waals surface area contributed by atoms with Gasteiger partial charge >= 0.3 is 6.09 Å². The smallest absolute Gasteiger partial charge is 0.410 e. The molecule has 0 aliphatic carbocycles. The van der Waals surface area contributed by atoms with Crippen LogP contribution in [0.1, 0.15) is 46.5 Å². The third-order valence-electron chi connectivity index (χ3n) is 3.52. The van der Waals surface area contributed by atoms with E-state index in [4.69, 9.17) is 4.74 Å². The highest BCUT2D eigenvalue weighted by atomic mass is 16.6. The maximum atomic E-state index is 11.9. The van der Waals surface area contributed by atoms with Crippen LogP contribution in [0.15, 0.2) is 0 Å². The van der Waals surface area contributed by atoms with Crippen molar-refractivity contribution in [3.05, 3.63) is 0 Å². The van der Waals surface area contributed by atoms with Crippen molar-refractivity contribution in [2.24, 2.45) is 0 Å². The van der Waals surface area contributed by atoms with Gasteiger partial charge in [-0.15, -0.1) is 0 Å². The summed E-state index contributed by atoms with van der Waals surface area (Å²) in [6.45, 7) is 9.79. The average Bonchev–Trinajstić information content (AvgIpc) is 2.46. The highest BCUT2D eigenvalue weighted by Crippen LogP contribution is 2.09. The molecular weight excluding hydrogens is 294 g/mol. The van der Waals surface area contributed by atoms with Gasteiger partial charge in [0.2, 0.25) is 0 Å². The summed E-state index contributed by atoms with van der Waals surface area (Å²) in [5, 5.41) is 12.3. The number of carbonyl (C=O) groups is 1. The molecule has 0 fully saturated rings. The Balaban J connectivity index is 4.00. The maximum Gasteiger partial charge on any atom is 0.410 e. The molecule has 138 valence electrons. The Morgan fingerprint density at radius 3 is 2.26 bits per heavy atom. The van der Waals surface area contributed by atoms with E-state index < -0.39 is 5.60 Å². The van der Waals surface area contributed by atoms with E-state index in [9.17, 15) is 9.90 Å². The summed E-state index contributed by atoms with van der Waals surface area (Å²) in [6, 6.07) is 0. The zero-order valence-corrected chi connectivity index (χ0v) is 15.7. The van der Waals surface area contributed by atoms with Gasteiger partial charge in [0.05, 0.1) is 6.61 Å². The van der Waals surface area contributed by atoms with Crippen molar-refractivity contribution in [2.75, 3.05) is 53.4 Å². The van der Waals surface area contributed by atoms with Crippen LogP contribution in [-0.4, -0.2) is 80.0 Å². The molecule has 1 amide bonds. The quantitative estimate of drug-likeness (QED) is 0.535. The fourth-order valence-electron chi connectivity index (χ4n) is 2.19. The molecule has 0 aliphatic rings. The number of carbonyl (C=O) groups excluding carboxylic acids is 1. The molecule has 0 unspecified atom stereocenters. The van der Waals surface area contributed by atoms with Crippen molar-refractivity contribution in [2.45, 2.75) is 52.1 Å². The number of ether oxygens (including phenoxy) is 1. The number of hydrogen-bond donors (Lipinski definition) is 2. The summed E-state index contributed by atoms with van der Waals surface area (Å²) >= 11 is 0. The minimum atomic E-state index is -0.469. The summed E-state index contributed by atoms with van der Waals surface area (Å²) < 4.78 is 5.34. The van der Waals surface area contributed by atoms with Crippen LogP contribution in [0.4, 0.5) is 4.79 Å². The number of rotatable bonds is 12. The van der Waals surface area contributed by atoms with E-state index in [1.165, 1.54) is 19.3 Å². The molecule has 0 radical (unpaired) electrons. The highest BCUT2D eigenvalue weighted by molar-refractivity contribution is 5.67. The van der Waals surface area contributed by atoms with E-state index >= 15 is 0 Å². The average molecular weight is 332 g/mol. The van der Waals surface area contributed by atoms with Crippen LogP contribution >= 0.6 is 0 Å². The Labute approximate surface area is 142 Å². The molecule has 0 bridgehead atoms. The number of nitrogens with one attached hydrogen (secondary N) is 1. The summed E-state index contributed by atoms with van der Waals surface area (Å²) in [4.78, 5) is 15.7. The van der Waals surface area contributed by atoms with E-state index in [-0.39, 0.29) is 12.7 Å². The third-order valence-corrected chi connectivity index (χ3v) is 3.52. The summed E-state index contributed by atoms with van der Waals surface area (Å²) in [5.74, 6) is 0. The van der Waals surface area contributed by atoms with E-state index in [2.05, 4.69) is 10.2 Å². The second kappa shape index (κ2) is 12.6. The SMILES string of the molecule is CNCCCCCCN(CCO)CCN(C)C(=O)OC(C)(C)C. The van der Waals surface area contributed by atoms with E-state index in [1.807, 2.05) is 27.8 Å².